The van der Waals surface area contributed by atoms with Crippen LogP contribution in [0.15, 0.2) is 12.1 Å². The summed E-state index contributed by atoms with van der Waals surface area (Å²) in [6.07, 6.45) is 0. The van der Waals surface area contributed by atoms with Gasteiger partial charge in [-0.25, -0.2) is 0 Å². The van der Waals surface area contributed by atoms with Crippen molar-refractivity contribution in [2.24, 2.45) is 0 Å². The third-order valence-corrected chi connectivity index (χ3v) is 3.06. The topological polar surface area (TPSA) is 20.2 Å². The fourth-order valence-corrected chi connectivity index (χ4v) is 1.84. The van der Waals surface area contributed by atoms with Gasteiger partial charge in [0.25, 0.3) is 0 Å². The van der Waals surface area contributed by atoms with Gasteiger partial charge in [0, 0.05) is 5.56 Å². The number of halogens is 5. The van der Waals surface area contributed by atoms with Gasteiger partial charge < -0.3 is 5.11 Å². The minimum atomic E-state index is -2.06. The highest BCUT2D eigenvalue weighted by molar-refractivity contribution is 6.51. The molecule has 13 heavy (non-hydrogen) atoms. The van der Waals surface area contributed by atoms with Crippen LogP contribution in [-0.4, -0.2) is 5.11 Å². The number of alkyl halides is 2. The summed E-state index contributed by atoms with van der Waals surface area (Å²) in [4.78, 5) is 0. The summed E-state index contributed by atoms with van der Waals surface area (Å²) in [7, 11) is 0. The first-order valence-corrected chi connectivity index (χ1v) is 4.97. The second-order valence-corrected chi connectivity index (χ2v) is 4.71. The Labute approximate surface area is 100 Å². The molecule has 0 bridgehead atoms. The Kier molecular flexibility index (Phi) is 3.61. The maximum atomic E-state index is 9.23. The van der Waals surface area contributed by atoms with E-state index in [-0.39, 0.29) is 20.6 Å². The lowest BCUT2D eigenvalue weighted by molar-refractivity contribution is 0.218. The number of hydrogen-bond donors (Lipinski definition) is 1. The van der Waals surface area contributed by atoms with E-state index in [1.54, 1.807) is 0 Å². The lowest BCUT2D eigenvalue weighted by Gasteiger charge is -2.15. The molecule has 1 N–H and O–H groups in total. The Balaban J connectivity index is 3.35. The highest BCUT2D eigenvalue weighted by Crippen LogP contribution is 2.41. The van der Waals surface area contributed by atoms with Gasteiger partial charge in [0.1, 0.15) is 0 Å². The van der Waals surface area contributed by atoms with Crippen molar-refractivity contribution >= 4 is 58.0 Å². The molecule has 0 aliphatic rings. The van der Waals surface area contributed by atoms with Crippen molar-refractivity contribution in [2.75, 3.05) is 0 Å². The summed E-state index contributed by atoms with van der Waals surface area (Å²) >= 11 is 27.9. The van der Waals surface area contributed by atoms with E-state index < -0.39 is 4.52 Å². The molecule has 6 heteroatoms. The Morgan fingerprint density at radius 3 is 2.00 bits per heavy atom. The molecule has 0 saturated heterocycles. The zero-order valence-electron chi connectivity index (χ0n) is 5.99. The molecule has 1 aromatic carbocycles. The molecule has 0 fully saturated rings. The van der Waals surface area contributed by atoms with Gasteiger partial charge in [0.05, 0.1) is 15.1 Å². The number of benzene rings is 1. The van der Waals surface area contributed by atoms with Crippen LogP contribution < -0.4 is 0 Å². The standard InChI is InChI=1S/C7H3Cl5O/c8-4-2-1-3(7(11,12)13)5(9)6(4)10/h1-2,13H. The molecule has 0 aromatic heterocycles. The van der Waals surface area contributed by atoms with E-state index in [4.69, 9.17) is 58.0 Å². The van der Waals surface area contributed by atoms with Crippen LogP contribution in [0.1, 0.15) is 5.56 Å². The van der Waals surface area contributed by atoms with Crippen molar-refractivity contribution in [1.29, 1.82) is 0 Å². The van der Waals surface area contributed by atoms with Crippen molar-refractivity contribution in [1.82, 2.24) is 0 Å². The van der Waals surface area contributed by atoms with Gasteiger partial charge in [-0.2, -0.15) is 0 Å². The van der Waals surface area contributed by atoms with Crippen LogP contribution in [0.25, 0.3) is 0 Å². The minimum absolute atomic E-state index is 0.0432. The quantitative estimate of drug-likeness (QED) is 0.603. The number of rotatable bonds is 1. The smallest absolute Gasteiger partial charge is 0.243 e. The molecular formula is C7H3Cl5O. The maximum Gasteiger partial charge on any atom is 0.243 e. The van der Waals surface area contributed by atoms with Crippen molar-refractivity contribution in [3.63, 3.8) is 0 Å². The van der Waals surface area contributed by atoms with Crippen molar-refractivity contribution < 1.29 is 5.11 Å². The SMILES string of the molecule is OC(Cl)(Cl)c1ccc(Cl)c(Cl)c1Cl. The van der Waals surface area contributed by atoms with Gasteiger partial charge in [-0.1, -0.05) is 64.1 Å². The third kappa shape index (κ3) is 2.56. The monoisotopic (exact) mass is 278 g/mol. The molecule has 0 saturated carbocycles. The average Bonchev–Trinajstić information content (AvgIpc) is 1.98. The highest BCUT2D eigenvalue weighted by atomic mass is 35.5. The Morgan fingerprint density at radius 1 is 1.00 bits per heavy atom. The molecule has 1 rings (SSSR count). The van der Waals surface area contributed by atoms with Gasteiger partial charge in [0.15, 0.2) is 0 Å². The molecule has 0 aliphatic carbocycles. The summed E-state index contributed by atoms with van der Waals surface area (Å²) in [5.41, 5.74) is 0.104. The van der Waals surface area contributed by atoms with Gasteiger partial charge in [0.2, 0.25) is 4.52 Å². The molecule has 72 valence electrons. The van der Waals surface area contributed by atoms with E-state index in [1.807, 2.05) is 0 Å². The minimum Gasteiger partial charge on any atom is -0.359 e. The molecule has 1 aromatic rings. The summed E-state index contributed by atoms with van der Waals surface area (Å²) in [5.74, 6) is 0. The van der Waals surface area contributed by atoms with Crippen LogP contribution in [0.5, 0.6) is 0 Å². The lowest BCUT2D eigenvalue weighted by Crippen LogP contribution is -2.09. The first-order valence-electron chi connectivity index (χ1n) is 3.08. The van der Waals surface area contributed by atoms with Crippen LogP contribution >= 0.6 is 58.0 Å². The largest absolute Gasteiger partial charge is 0.359 e. The van der Waals surface area contributed by atoms with E-state index in [2.05, 4.69) is 0 Å². The molecule has 0 unspecified atom stereocenters. The van der Waals surface area contributed by atoms with Crippen molar-refractivity contribution in [3.05, 3.63) is 32.8 Å². The average molecular weight is 280 g/mol. The fraction of sp³-hybridized carbons (Fsp3) is 0.143. The zero-order valence-corrected chi connectivity index (χ0v) is 9.77. The molecule has 0 heterocycles. The maximum absolute atomic E-state index is 9.23. The Hall–Kier alpha value is 0.630. The van der Waals surface area contributed by atoms with Crippen LogP contribution in [0.3, 0.4) is 0 Å². The number of hydrogen-bond acceptors (Lipinski definition) is 1. The number of aliphatic hydroxyl groups is 1. The molecule has 1 nitrogen and oxygen atoms in total. The molecule has 0 radical (unpaired) electrons. The fourth-order valence-electron chi connectivity index (χ4n) is 0.758. The lowest BCUT2D eigenvalue weighted by atomic mass is 10.2. The van der Waals surface area contributed by atoms with E-state index in [0.717, 1.165) is 0 Å². The Morgan fingerprint density at radius 2 is 1.54 bits per heavy atom. The molecular weight excluding hydrogens is 277 g/mol. The molecule has 0 amide bonds. The first kappa shape index (κ1) is 11.7. The van der Waals surface area contributed by atoms with Crippen LogP contribution in [-0.2, 0) is 4.52 Å². The van der Waals surface area contributed by atoms with Gasteiger partial charge >= 0.3 is 0 Å². The zero-order chi connectivity index (χ0) is 10.2. The molecule has 0 spiro atoms. The summed E-state index contributed by atoms with van der Waals surface area (Å²) in [6, 6.07) is 2.84. The van der Waals surface area contributed by atoms with Crippen LogP contribution in [0.4, 0.5) is 0 Å². The van der Waals surface area contributed by atoms with Crippen LogP contribution in [0.2, 0.25) is 15.1 Å². The van der Waals surface area contributed by atoms with Gasteiger partial charge in [-0.15, -0.1) is 0 Å². The highest BCUT2D eigenvalue weighted by Gasteiger charge is 2.27. The summed E-state index contributed by atoms with van der Waals surface area (Å²) in [5, 5.41) is 9.66. The predicted molar refractivity (Wildman–Crippen MR) is 57.1 cm³/mol. The predicted octanol–water partition coefficient (Wildman–Crippen LogP) is 4.23. The molecule has 0 atom stereocenters. The summed E-state index contributed by atoms with van der Waals surface area (Å²) in [6.45, 7) is 0. The van der Waals surface area contributed by atoms with E-state index in [1.165, 1.54) is 12.1 Å². The van der Waals surface area contributed by atoms with Crippen molar-refractivity contribution in [2.45, 2.75) is 4.52 Å². The van der Waals surface area contributed by atoms with E-state index >= 15 is 0 Å². The molecule has 0 aliphatic heterocycles. The second kappa shape index (κ2) is 4.01. The second-order valence-electron chi connectivity index (χ2n) is 2.26. The van der Waals surface area contributed by atoms with Crippen LogP contribution in [0, 0.1) is 0 Å². The van der Waals surface area contributed by atoms with Gasteiger partial charge in [-0.3, -0.25) is 0 Å². The van der Waals surface area contributed by atoms with Crippen molar-refractivity contribution in [3.8, 4) is 0 Å². The Bertz CT molecular complexity index is 330. The third-order valence-electron chi connectivity index (χ3n) is 1.36. The summed E-state index contributed by atoms with van der Waals surface area (Å²) < 4.78 is -2.06. The normalized spacial score (nSPS) is 11.8. The van der Waals surface area contributed by atoms with Gasteiger partial charge in [-0.05, 0) is 6.07 Å². The first-order chi connectivity index (χ1) is 5.84. The van der Waals surface area contributed by atoms with E-state index in [9.17, 15) is 5.11 Å². The van der Waals surface area contributed by atoms with E-state index in [0.29, 0.717) is 0 Å².